The number of hydrogen-bond acceptors (Lipinski definition) is 3. The fraction of sp³-hybridized carbons (Fsp3) is 0.333. The summed E-state index contributed by atoms with van der Waals surface area (Å²) >= 11 is 1.63. The van der Waals surface area contributed by atoms with Crippen LogP contribution < -0.4 is 0 Å². The van der Waals surface area contributed by atoms with Gasteiger partial charge in [-0.2, -0.15) is 5.26 Å². The van der Waals surface area contributed by atoms with Gasteiger partial charge in [0.05, 0.1) is 22.7 Å². The van der Waals surface area contributed by atoms with Gasteiger partial charge in [0.2, 0.25) is 0 Å². The standard InChI is InChI=1S/C12H13N3OS/c1-14(6-3-5-13)12(16)10-8-11-9(15(10)2)4-7-17-11/h4,7-8H,3,6H2,1-2H3. The lowest BCUT2D eigenvalue weighted by Gasteiger charge is -2.15. The number of nitriles is 1. The molecule has 0 aliphatic carbocycles. The lowest BCUT2D eigenvalue weighted by Crippen LogP contribution is -2.29. The van der Waals surface area contributed by atoms with Crippen molar-refractivity contribution < 1.29 is 4.79 Å². The summed E-state index contributed by atoms with van der Waals surface area (Å²) in [4.78, 5) is 13.7. The molecular formula is C12H13N3OS. The number of hydrogen-bond donors (Lipinski definition) is 0. The summed E-state index contributed by atoms with van der Waals surface area (Å²) in [6.45, 7) is 0.466. The summed E-state index contributed by atoms with van der Waals surface area (Å²) in [5, 5.41) is 10.5. The Bertz CT molecular complexity index is 590. The fourth-order valence-electron chi connectivity index (χ4n) is 1.77. The van der Waals surface area contributed by atoms with E-state index in [-0.39, 0.29) is 5.91 Å². The zero-order valence-corrected chi connectivity index (χ0v) is 10.6. The third kappa shape index (κ3) is 2.04. The van der Waals surface area contributed by atoms with Crippen molar-refractivity contribution in [2.75, 3.05) is 13.6 Å². The normalized spacial score (nSPS) is 10.4. The molecule has 0 spiro atoms. The van der Waals surface area contributed by atoms with Crippen molar-refractivity contribution in [1.82, 2.24) is 9.47 Å². The molecule has 5 heteroatoms. The number of nitrogens with zero attached hydrogens (tertiary/aromatic N) is 3. The largest absolute Gasteiger partial charge is 0.339 e. The highest BCUT2D eigenvalue weighted by molar-refractivity contribution is 7.17. The van der Waals surface area contributed by atoms with E-state index in [1.165, 1.54) is 0 Å². The van der Waals surface area contributed by atoms with Gasteiger partial charge in [-0.25, -0.2) is 0 Å². The molecular weight excluding hydrogens is 234 g/mol. The quantitative estimate of drug-likeness (QED) is 0.835. The zero-order valence-electron chi connectivity index (χ0n) is 9.80. The number of amides is 1. The highest BCUT2D eigenvalue weighted by Gasteiger charge is 2.17. The molecule has 0 atom stereocenters. The summed E-state index contributed by atoms with van der Waals surface area (Å²) in [5.74, 6) is -0.0360. The first-order valence-electron chi connectivity index (χ1n) is 5.30. The molecule has 0 aliphatic rings. The van der Waals surface area contributed by atoms with Crippen LogP contribution in [0.2, 0.25) is 0 Å². The minimum absolute atomic E-state index is 0.0360. The van der Waals surface area contributed by atoms with Crippen LogP contribution in [0.5, 0.6) is 0 Å². The molecule has 0 aliphatic heterocycles. The summed E-state index contributed by atoms with van der Waals surface area (Å²) in [5.41, 5.74) is 1.75. The van der Waals surface area contributed by atoms with E-state index in [0.29, 0.717) is 18.7 Å². The minimum atomic E-state index is -0.0360. The molecule has 0 unspecified atom stereocenters. The number of rotatable bonds is 3. The second-order valence-electron chi connectivity index (χ2n) is 3.89. The molecule has 2 heterocycles. The number of thiophene rings is 1. The molecule has 0 saturated heterocycles. The second kappa shape index (κ2) is 4.60. The molecule has 88 valence electrons. The first-order valence-corrected chi connectivity index (χ1v) is 6.18. The van der Waals surface area contributed by atoms with Crippen molar-refractivity contribution in [1.29, 1.82) is 5.26 Å². The van der Waals surface area contributed by atoms with E-state index in [2.05, 4.69) is 0 Å². The zero-order chi connectivity index (χ0) is 12.4. The van der Waals surface area contributed by atoms with Crippen LogP contribution in [0.3, 0.4) is 0 Å². The first kappa shape index (κ1) is 11.7. The molecule has 17 heavy (non-hydrogen) atoms. The monoisotopic (exact) mass is 247 g/mol. The van der Waals surface area contributed by atoms with Crippen molar-refractivity contribution in [3.05, 3.63) is 23.2 Å². The van der Waals surface area contributed by atoms with Gasteiger partial charge in [-0.15, -0.1) is 11.3 Å². The SMILES string of the molecule is CN(CCC#N)C(=O)c1cc2sccc2n1C. The molecule has 4 nitrogen and oxygen atoms in total. The number of aromatic nitrogens is 1. The minimum Gasteiger partial charge on any atom is -0.339 e. The summed E-state index contributed by atoms with van der Waals surface area (Å²) in [7, 11) is 3.61. The number of carbonyl (C=O) groups is 1. The Morgan fingerprint density at radius 3 is 3.06 bits per heavy atom. The Kier molecular flexibility index (Phi) is 3.16. The Morgan fingerprint density at radius 1 is 1.65 bits per heavy atom. The lowest BCUT2D eigenvalue weighted by molar-refractivity contribution is 0.0789. The van der Waals surface area contributed by atoms with Crippen molar-refractivity contribution in [2.45, 2.75) is 6.42 Å². The molecule has 0 bridgehead atoms. The van der Waals surface area contributed by atoms with Crippen LogP contribution in [0.4, 0.5) is 0 Å². The molecule has 0 aromatic carbocycles. The van der Waals surface area contributed by atoms with Crippen LogP contribution in [0.15, 0.2) is 17.5 Å². The summed E-state index contributed by atoms with van der Waals surface area (Å²) in [6.07, 6.45) is 0.362. The van der Waals surface area contributed by atoms with E-state index in [4.69, 9.17) is 5.26 Å². The van der Waals surface area contributed by atoms with Crippen molar-refractivity contribution in [3.8, 4) is 6.07 Å². The molecule has 2 aromatic rings. The maximum absolute atomic E-state index is 12.1. The van der Waals surface area contributed by atoms with E-state index in [0.717, 1.165) is 10.2 Å². The fourth-order valence-corrected chi connectivity index (χ4v) is 2.62. The van der Waals surface area contributed by atoms with Crippen LogP contribution in [-0.2, 0) is 7.05 Å². The Labute approximate surface area is 104 Å². The van der Waals surface area contributed by atoms with Gasteiger partial charge in [-0.05, 0) is 17.5 Å². The first-order chi connectivity index (χ1) is 8.15. The second-order valence-corrected chi connectivity index (χ2v) is 4.84. The van der Waals surface area contributed by atoms with Crippen LogP contribution in [0.25, 0.3) is 10.2 Å². The van der Waals surface area contributed by atoms with E-state index in [1.807, 2.05) is 35.2 Å². The molecule has 0 fully saturated rings. The Morgan fingerprint density at radius 2 is 2.41 bits per heavy atom. The average molecular weight is 247 g/mol. The number of aryl methyl sites for hydroxylation is 1. The smallest absolute Gasteiger partial charge is 0.270 e. The molecule has 2 aromatic heterocycles. The third-order valence-electron chi connectivity index (χ3n) is 2.79. The number of carbonyl (C=O) groups excluding carboxylic acids is 1. The number of fused-ring (bicyclic) bond motifs is 1. The Balaban J connectivity index is 2.27. The van der Waals surface area contributed by atoms with Crippen molar-refractivity contribution >= 4 is 27.5 Å². The van der Waals surface area contributed by atoms with E-state index in [9.17, 15) is 4.79 Å². The maximum Gasteiger partial charge on any atom is 0.270 e. The van der Waals surface area contributed by atoms with Gasteiger partial charge in [0.1, 0.15) is 5.69 Å². The van der Waals surface area contributed by atoms with E-state index in [1.54, 1.807) is 23.3 Å². The van der Waals surface area contributed by atoms with Gasteiger partial charge < -0.3 is 9.47 Å². The van der Waals surface area contributed by atoms with E-state index >= 15 is 0 Å². The summed E-state index contributed by atoms with van der Waals surface area (Å²) in [6, 6.07) is 5.96. The topological polar surface area (TPSA) is 49.0 Å². The van der Waals surface area contributed by atoms with Gasteiger partial charge in [-0.3, -0.25) is 4.79 Å². The van der Waals surface area contributed by atoms with Gasteiger partial charge in [0, 0.05) is 20.6 Å². The maximum atomic E-state index is 12.1. The molecule has 0 saturated carbocycles. The van der Waals surface area contributed by atoms with Gasteiger partial charge in [0.25, 0.3) is 5.91 Å². The highest BCUT2D eigenvalue weighted by Crippen LogP contribution is 2.24. The van der Waals surface area contributed by atoms with Crippen LogP contribution in [0.1, 0.15) is 16.9 Å². The van der Waals surface area contributed by atoms with Crippen molar-refractivity contribution in [2.24, 2.45) is 7.05 Å². The Hall–Kier alpha value is -1.80. The molecule has 0 N–H and O–H groups in total. The highest BCUT2D eigenvalue weighted by atomic mass is 32.1. The van der Waals surface area contributed by atoms with Gasteiger partial charge in [0.15, 0.2) is 0 Å². The molecule has 0 radical (unpaired) electrons. The van der Waals surface area contributed by atoms with Gasteiger partial charge >= 0.3 is 0 Å². The lowest BCUT2D eigenvalue weighted by atomic mass is 10.3. The van der Waals surface area contributed by atoms with E-state index < -0.39 is 0 Å². The molecule has 2 rings (SSSR count). The predicted octanol–water partition coefficient (Wildman–Crippen LogP) is 2.23. The van der Waals surface area contributed by atoms with Crippen LogP contribution in [0, 0.1) is 11.3 Å². The third-order valence-corrected chi connectivity index (χ3v) is 3.64. The summed E-state index contributed by atoms with van der Waals surface area (Å²) < 4.78 is 3.02. The van der Waals surface area contributed by atoms with Gasteiger partial charge in [-0.1, -0.05) is 0 Å². The van der Waals surface area contributed by atoms with Crippen molar-refractivity contribution in [3.63, 3.8) is 0 Å². The average Bonchev–Trinajstić information content (AvgIpc) is 2.89. The predicted molar refractivity (Wildman–Crippen MR) is 68.0 cm³/mol. The van der Waals surface area contributed by atoms with Crippen LogP contribution >= 0.6 is 11.3 Å². The van der Waals surface area contributed by atoms with Crippen LogP contribution in [-0.4, -0.2) is 29.0 Å². The molecule has 1 amide bonds.